The summed E-state index contributed by atoms with van der Waals surface area (Å²) < 4.78 is 11.9. The Morgan fingerprint density at radius 3 is 1.29 bits per heavy atom. The first-order chi connectivity index (χ1) is 37.4. The van der Waals surface area contributed by atoms with Crippen LogP contribution in [0.2, 0.25) is 0 Å². The number of likely N-dealkylation sites (N-methyl/N-ethyl adjacent to an activating group) is 4. The molecule has 0 fully saturated rings. The van der Waals surface area contributed by atoms with Crippen molar-refractivity contribution in [3.05, 3.63) is 0 Å². The summed E-state index contributed by atoms with van der Waals surface area (Å²) in [7, 11) is 23.3. The highest BCUT2D eigenvalue weighted by Gasteiger charge is 2.24. The van der Waals surface area contributed by atoms with Crippen LogP contribution in [0.3, 0.4) is 0 Å². The van der Waals surface area contributed by atoms with Crippen LogP contribution in [-0.4, -0.2) is 296 Å². The van der Waals surface area contributed by atoms with Gasteiger partial charge in [-0.1, -0.05) is 11.8 Å². The van der Waals surface area contributed by atoms with E-state index in [0.29, 0.717) is 59.4 Å². The molecule has 1 amide bonds. The minimum absolute atomic E-state index is 0.0262. The highest BCUT2D eigenvalue weighted by Crippen LogP contribution is 2.18. The van der Waals surface area contributed by atoms with Crippen LogP contribution in [0.1, 0.15) is 101 Å². The highest BCUT2D eigenvalue weighted by molar-refractivity contribution is 8.14. The first-order valence-electron chi connectivity index (χ1n) is 26.5. The Balaban J connectivity index is -0.000000163. The van der Waals surface area contributed by atoms with Crippen LogP contribution in [0.4, 0.5) is 0 Å². The maximum Gasteiger partial charge on any atom is 0.327 e. The maximum atomic E-state index is 11.0. The number of aliphatic hydroxyl groups is 3. The van der Waals surface area contributed by atoms with Crippen molar-refractivity contribution in [2.24, 2.45) is 11.5 Å². The number of thioether (sulfide) groups is 2. The first-order valence-corrected chi connectivity index (χ1v) is 28.5. The molecule has 0 rings (SSSR count). The molecule has 0 spiro atoms. The number of ketones is 5. The molecule has 0 aromatic carbocycles. The third-order valence-corrected chi connectivity index (χ3v) is 11.0. The van der Waals surface area contributed by atoms with Crippen molar-refractivity contribution in [3.8, 4) is 0 Å². The summed E-state index contributed by atoms with van der Waals surface area (Å²) in [4.78, 5) is 120. The number of carboxylic acids is 2. The number of carbonyl (C=O) groups excluding carboxylic acids is 9. The number of nitrogens with one attached hydrogen (secondary N) is 2. The molecule has 0 aliphatic carbocycles. The molecule has 0 aromatic rings. The monoisotopic (exact) mass is 1240 g/mol. The standard InChI is InChI=1S/C10H20NO3.C10H20NO2S.C8H15NO4S.C8H18NO2.C7H13NO3.C7H15NO2.C4H9N3O2/c2*1-8(12)6-10(14-9(2)13)7-11(3,4)5;1-6(11)9-7(8(12)13)5-14-4-2-3-10;1-7(10)5-8(11)6-9(2,3)4;1-5(9)3-7(4-8)11-6(2)10;1-6(9)4-7(10)5-8(2)3;1-7(4(5)6)2-3(8)9/h2*10H,6-7H2,1-5H3;7,10H,2-5H2,1H3,(H,9,11)(H,12,13);8,11H,5-6H2,1-4H3;7H,3-4,8H2,1-2H3;7,10H,4-5H2,1-3H3;2H2,1H3,(H3,5,6)(H,8,9)/q2*+1;;+1;;;. The number of ether oxygens (including phenoxy) is 2. The minimum Gasteiger partial charge on any atom is -0.480 e. The number of rotatable bonds is 31. The predicted octanol–water partition coefficient (Wildman–Crippen LogP) is 0.287. The Morgan fingerprint density at radius 2 is 1.00 bits per heavy atom. The number of hydrogen-bond donors (Lipinski definition) is 9. The molecule has 83 heavy (non-hydrogen) atoms. The normalized spacial score (nSPS) is 12.8. The molecule has 11 N–H and O–H groups in total. The molecule has 0 radical (unpaired) electrons. The van der Waals surface area contributed by atoms with Gasteiger partial charge in [-0.3, -0.25) is 53.4 Å². The second-order valence-electron chi connectivity index (χ2n) is 22.8. The van der Waals surface area contributed by atoms with Crippen LogP contribution in [0, 0.1) is 5.41 Å². The van der Waals surface area contributed by atoms with Gasteiger partial charge in [0.15, 0.2) is 17.2 Å². The van der Waals surface area contributed by atoms with Gasteiger partial charge in [0.2, 0.25) is 5.91 Å². The highest BCUT2D eigenvalue weighted by atomic mass is 32.2. The molecule has 0 saturated heterocycles. The van der Waals surface area contributed by atoms with Crippen molar-refractivity contribution < 1.29 is 101 Å². The third kappa shape index (κ3) is 88.4. The van der Waals surface area contributed by atoms with E-state index in [-0.39, 0.29) is 102 Å². The molecule has 0 saturated carbocycles. The van der Waals surface area contributed by atoms with E-state index in [0.717, 1.165) is 15.9 Å². The lowest BCUT2D eigenvalue weighted by molar-refractivity contribution is -0.873. The maximum absolute atomic E-state index is 11.0. The molecular weight excluding hydrogens is 1130 g/mol. The number of amides is 1. The Bertz CT molecular complexity index is 1830. The van der Waals surface area contributed by atoms with Gasteiger partial charge in [0.1, 0.15) is 66.8 Å². The van der Waals surface area contributed by atoms with Gasteiger partial charge >= 0.3 is 23.9 Å². The average Bonchev–Trinajstić information content (AvgIpc) is 3.21. The van der Waals surface area contributed by atoms with E-state index >= 15 is 0 Å². The van der Waals surface area contributed by atoms with E-state index in [1.54, 1.807) is 13.8 Å². The summed E-state index contributed by atoms with van der Waals surface area (Å²) in [6.07, 6.45) is 0.408. The molecule has 27 nitrogen and oxygen atoms in total. The van der Waals surface area contributed by atoms with Crippen LogP contribution in [0.15, 0.2) is 0 Å². The van der Waals surface area contributed by atoms with Gasteiger partial charge in [0.25, 0.3) is 0 Å². The van der Waals surface area contributed by atoms with Gasteiger partial charge in [0, 0.05) is 92.3 Å². The number of Topliss-reactive ketones (excluding diaryl/α,β-unsaturated/α-hetero) is 5. The topological polar surface area (TPSA) is 402 Å². The van der Waals surface area contributed by atoms with Crippen molar-refractivity contribution in [2.45, 2.75) is 137 Å². The number of carbonyl (C=O) groups is 11. The Morgan fingerprint density at radius 1 is 0.602 bits per heavy atom. The number of aliphatic hydroxyl groups excluding tert-OH is 3. The van der Waals surface area contributed by atoms with Crippen molar-refractivity contribution in [2.75, 3.05) is 142 Å². The van der Waals surface area contributed by atoms with E-state index in [4.69, 9.17) is 46.8 Å². The zero-order valence-electron chi connectivity index (χ0n) is 53.8. The molecule has 6 atom stereocenters. The second-order valence-corrected chi connectivity index (χ2v) is 25.5. The fourth-order valence-electron chi connectivity index (χ4n) is 6.27. The zero-order valence-corrected chi connectivity index (χ0v) is 55.5. The van der Waals surface area contributed by atoms with E-state index in [1.165, 1.54) is 79.0 Å². The van der Waals surface area contributed by atoms with Crippen molar-refractivity contribution >= 4 is 93.3 Å². The molecule has 0 aliphatic rings. The van der Waals surface area contributed by atoms with Crippen LogP contribution in [0.25, 0.3) is 0 Å². The van der Waals surface area contributed by atoms with Crippen molar-refractivity contribution in [3.63, 3.8) is 0 Å². The van der Waals surface area contributed by atoms with E-state index in [1.807, 2.05) is 61.3 Å². The fraction of sp³-hybridized carbons (Fsp3) is 0.778. The molecule has 0 heterocycles. The molecule has 0 bridgehead atoms. The predicted molar refractivity (Wildman–Crippen MR) is 324 cm³/mol. The number of hydrogen-bond acceptors (Lipinski definition) is 21. The van der Waals surface area contributed by atoms with Gasteiger partial charge < -0.3 is 75.0 Å². The summed E-state index contributed by atoms with van der Waals surface area (Å²) in [5, 5.41) is 53.0. The summed E-state index contributed by atoms with van der Waals surface area (Å²) in [6.45, 7) is 15.7. The van der Waals surface area contributed by atoms with Crippen LogP contribution in [0.5, 0.6) is 0 Å². The number of aliphatic carboxylic acids is 2. The summed E-state index contributed by atoms with van der Waals surface area (Å²) in [5.74, 6) is -2.06. The average molecular weight is 1240 g/mol. The van der Waals surface area contributed by atoms with Gasteiger partial charge in [-0.05, 0) is 60.9 Å². The molecule has 29 heteroatoms. The minimum atomic E-state index is -1.03. The Kier molecular flexibility index (Phi) is 56.9. The van der Waals surface area contributed by atoms with E-state index in [9.17, 15) is 57.8 Å². The largest absolute Gasteiger partial charge is 0.480 e. The lowest BCUT2D eigenvalue weighted by Gasteiger charge is -2.28. The molecule has 0 aliphatic heterocycles. The second kappa shape index (κ2) is 51.4. The summed E-state index contributed by atoms with van der Waals surface area (Å²) in [6, 6.07) is -0.837. The fourth-order valence-corrected chi connectivity index (χ4v) is 8.54. The molecule has 488 valence electrons. The van der Waals surface area contributed by atoms with Gasteiger partial charge in [-0.25, -0.2) is 4.79 Å². The van der Waals surface area contributed by atoms with Crippen LogP contribution >= 0.6 is 23.5 Å². The molecular formula is C54H110N9O18S2+3. The summed E-state index contributed by atoms with van der Waals surface area (Å²) >= 11 is 2.68. The quantitative estimate of drug-likeness (QED) is 0.0148. The van der Waals surface area contributed by atoms with Gasteiger partial charge in [-0.15, -0.1) is 0 Å². The van der Waals surface area contributed by atoms with Crippen LogP contribution < -0.4 is 16.8 Å². The van der Waals surface area contributed by atoms with Crippen molar-refractivity contribution in [1.29, 1.82) is 5.41 Å². The lowest BCUT2D eigenvalue weighted by atomic mass is 10.2. The number of esters is 2. The van der Waals surface area contributed by atoms with E-state index in [2.05, 4.69) is 26.5 Å². The number of nitrogens with zero attached hydrogens (tertiary/aromatic N) is 5. The van der Waals surface area contributed by atoms with Crippen LogP contribution in [-0.2, 0) is 62.2 Å². The smallest absolute Gasteiger partial charge is 0.327 e. The molecule has 6 unspecified atom stereocenters. The number of nitrogens with two attached hydrogens (primary N) is 2. The zero-order chi connectivity index (χ0) is 67.2. The lowest BCUT2D eigenvalue weighted by Crippen LogP contribution is -2.43. The number of guanidine groups is 1. The van der Waals surface area contributed by atoms with Gasteiger partial charge in [-0.2, -0.15) is 11.8 Å². The number of carboxylic acid groups (broad SMARTS) is 2. The Hall–Kier alpha value is -4.98. The van der Waals surface area contributed by atoms with Crippen molar-refractivity contribution in [1.82, 2.24) is 15.1 Å². The van der Waals surface area contributed by atoms with Gasteiger partial charge in [0.05, 0.1) is 81.3 Å². The Labute approximate surface area is 503 Å². The SMILES string of the molecule is CC(=O)CC(CN)OC(C)=O.CC(=O)CC(C[N+](C)(C)C)OC(C)=O.CC(=O)CC(C[N+](C)(C)C)SC(C)=O.CC(=O)CC(O)CN(C)C.CC(=O)CC(O)C[N+](C)(C)C.CC(=O)NC(CSCCCO)C(=O)O.CN(CC(=O)O)C(=N)N. The third-order valence-electron chi connectivity index (χ3n) is 8.88. The van der Waals surface area contributed by atoms with E-state index < -0.39 is 42.3 Å². The number of quaternary nitrogens is 3. The first kappa shape index (κ1) is 91.8. The molecule has 0 aromatic heterocycles. The summed E-state index contributed by atoms with van der Waals surface area (Å²) in [5.41, 5.74) is 10.2.